The van der Waals surface area contributed by atoms with Crippen LogP contribution in [0.3, 0.4) is 0 Å². The van der Waals surface area contributed by atoms with E-state index in [1.807, 2.05) is 26.8 Å². The van der Waals surface area contributed by atoms with Gasteiger partial charge in [0.15, 0.2) is 0 Å². The van der Waals surface area contributed by atoms with Gasteiger partial charge in [0.1, 0.15) is 11.5 Å². The summed E-state index contributed by atoms with van der Waals surface area (Å²) in [6.45, 7) is 7.66. The summed E-state index contributed by atoms with van der Waals surface area (Å²) >= 11 is 0. The van der Waals surface area contributed by atoms with Crippen LogP contribution in [-0.4, -0.2) is 26.0 Å². The average Bonchev–Trinajstić information content (AvgIpc) is 2.42. The second-order valence-corrected chi connectivity index (χ2v) is 4.20. The number of ether oxygens (including phenoxy) is 1. The Morgan fingerprint density at radius 2 is 1.78 bits per heavy atom. The third-order valence-corrected chi connectivity index (χ3v) is 3.00. The summed E-state index contributed by atoms with van der Waals surface area (Å²) in [6, 6.07) is 6.18. The molecule has 1 saturated heterocycles. The lowest BCUT2D eigenvalue weighted by Gasteiger charge is -2.29. The van der Waals surface area contributed by atoms with Crippen molar-refractivity contribution in [3.05, 3.63) is 23.8 Å². The van der Waals surface area contributed by atoms with Gasteiger partial charge in [0.05, 0.1) is 12.8 Å². The summed E-state index contributed by atoms with van der Waals surface area (Å²) in [5.74, 6) is 1.26. The molecule has 2 rings (SSSR count). The monoisotopic (exact) mass is 249 g/mol. The Morgan fingerprint density at radius 1 is 1.17 bits per heavy atom. The summed E-state index contributed by atoms with van der Waals surface area (Å²) in [5.41, 5.74) is 2.29. The highest BCUT2D eigenvalue weighted by Crippen LogP contribution is 2.30. The molecule has 0 bridgehead atoms. The SMILES string of the molecule is CC.COc1cc(C)ccc1N1CCC(=O)CC1. The summed E-state index contributed by atoms with van der Waals surface area (Å²) in [5, 5.41) is 0. The third-order valence-electron chi connectivity index (χ3n) is 3.00. The Bertz CT molecular complexity index is 391. The summed E-state index contributed by atoms with van der Waals surface area (Å²) < 4.78 is 5.38. The molecule has 0 spiro atoms. The maximum atomic E-state index is 11.2. The summed E-state index contributed by atoms with van der Waals surface area (Å²) in [7, 11) is 1.69. The zero-order chi connectivity index (χ0) is 13.5. The first-order chi connectivity index (χ1) is 8.70. The Labute approximate surface area is 110 Å². The normalized spacial score (nSPS) is 14.9. The molecule has 1 aromatic carbocycles. The van der Waals surface area contributed by atoms with E-state index in [-0.39, 0.29) is 0 Å². The molecule has 3 heteroatoms. The number of methoxy groups -OCH3 is 1. The molecule has 0 unspecified atom stereocenters. The number of anilines is 1. The lowest BCUT2D eigenvalue weighted by Crippen LogP contribution is -2.33. The number of piperidine rings is 1. The lowest BCUT2D eigenvalue weighted by atomic mass is 10.1. The van der Waals surface area contributed by atoms with Gasteiger partial charge in [-0.1, -0.05) is 19.9 Å². The van der Waals surface area contributed by atoms with Crippen molar-refractivity contribution >= 4 is 11.5 Å². The first-order valence-corrected chi connectivity index (χ1v) is 6.62. The fourth-order valence-corrected chi connectivity index (χ4v) is 2.04. The number of hydrogen-bond acceptors (Lipinski definition) is 3. The van der Waals surface area contributed by atoms with E-state index in [0.29, 0.717) is 18.6 Å². The average molecular weight is 249 g/mol. The number of ketones is 1. The molecule has 0 aromatic heterocycles. The number of carbonyl (C=O) groups excluding carboxylic acids is 1. The third kappa shape index (κ3) is 3.49. The zero-order valence-electron chi connectivity index (χ0n) is 11.8. The Hall–Kier alpha value is -1.51. The van der Waals surface area contributed by atoms with Crippen molar-refractivity contribution in [2.24, 2.45) is 0 Å². The maximum Gasteiger partial charge on any atom is 0.142 e. The van der Waals surface area contributed by atoms with Gasteiger partial charge in [0.2, 0.25) is 0 Å². The first kappa shape index (κ1) is 14.6. The van der Waals surface area contributed by atoms with Crippen molar-refractivity contribution in [1.82, 2.24) is 0 Å². The van der Waals surface area contributed by atoms with Crippen LogP contribution < -0.4 is 9.64 Å². The van der Waals surface area contributed by atoms with E-state index < -0.39 is 0 Å². The van der Waals surface area contributed by atoms with Gasteiger partial charge in [-0.05, 0) is 24.6 Å². The molecule has 0 saturated carbocycles. The first-order valence-electron chi connectivity index (χ1n) is 6.62. The number of rotatable bonds is 2. The molecule has 1 aliphatic rings. The van der Waals surface area contributed by atoms with Crippen molar-refractivity contribution < 1.29 is 9.53 Å². The van der Waals surface area contributed by atoms with Crippen LogP contribution in [0.2, 0.25) is 0 Å². The van der Waals surface area contributed by atoms with Crippen molar-refractivity contribution in [3.63, 3.8) is 0 Å². The fourth-order valence-electron chi connectivity index (χ4n) is 2.04. The van der Waals surface area contributed by atoms with Crippen LogP contribution in [0.4, 0.5) is 5.69 Å². The van der Waals surface area contributed by atoms with Crippen molar-refractivity contribution in [3.8, 4) is 5.75 Å². The van der Waals surface area contributed by atoms with Crippen molar-refractivity contribution in [2.75, 3.05) is 25.1 Å². The molecule has 1 aliphatic heterocycles. The fraction of sp³-hybridized carbons (Fsp3) is 0.533. The van der Waals surface area contributed by atoms with Gasteiger partial charge in [-0.3, -0.25) is 4.79 Å². The maximum absolute atomic E-state index is 11.2. The Balaban J connectivity index is 0.000000771. The van der Waals surface area contributed by atoms with E-state index in [1.165, 1.54) is 5.56 Å². The largest absolute Gasteiger partial charge is 0.495 e. The number of aryl methyl sites for hydroxylation is 1. The minimum Gasteiger partial charge on any atom is -0.495 e. The summed E-state index contributed by atoms with van der Waals surface area (Å²) in [6.07, 6.45) is 1.30. The van der Waals surface area contributed by atoms with Crippen molar-refractivity contribution in [1.29, 1.82) is 0 Å². The van der Waals surface area contributed by atoms with Gasteiger partial charge in [-0.2, -0.15) is 0 Å². The number of nitrogens with zero attached hydrogens (tertiary/aromatic N) is 1. The zero-order valence-corrected chi connectivity index (χ0v) is 11.8. The standard InChI is InChI=1S/C13H17NO2.C2H6/c1-10-3-4-12(13(9-10)16-2)14-7-5-11(15)6-8-14;1-2/h3-4,9H,5-8H2,1-2H3;1-2H3. The molecule has 3 nitrogen and oxygen atoms in total. The Kier molecular flexibility index (Phi) is 5.69. The highest BCUT2D eigenvalue weighted by atomic mass is 16.5. The van der Waals surface area contributed by atoms with E-state index >= 15 is 0 Å². The van der Waals surface area contributed by atoms with E-state index in [2.05, 4.69) is 17.0 Å². The molecule has 100 valence electrons. The summed E-state index contributed by atoms with van der Waals surface area (Å²) in [4.78, 5) is 13.4. The van der Waals surface area contributed by atoms with Crippen LogP contribution in [0.25, 0.3) is 0 Å². The number of Topliss-reactive ketones (excluding diaryl/α,β-unsaturated/α-hetero) is 1. The minimum atomic E-state index is 0.363. The highest BCUT2D eigenvalue weighted by Gasteiger charge is 2.18. The molecule has 1 fully saturated rings. The number of hydrogen-bond donors (Lipinski definition) is 0. The molecule has 1 heterocycles. The topological polar surface area (TPSA) is 29.5 Å². The quantitative estimate of drug-likeness (QED) is 0.806. The van der Waals surface area contributed by atoms with Crippen LogP contribution in [-0.2, 0) is 4.79 Å². The molecule has 0 atom stereocenters. The van der Waals surface area contributed by atoms with Crippen LogP contribution in [0.5, 0.6) is 5.75 Å². The molecule has 0 N–H and O–H groups in total. The second kappa shape index (κ2) is 7.04. The highest BCUT2D eigenvalue weighted by molar-refractivity contribution is 5.81. The van der Waals surface area contributed by atoms with Crippen LogP contribution in [0.1, 0.15) is 32.3 Å². The molecule has 0 radical (unpaired) electrons. The molecular weight excluding hydrogens is 226 g/mol. The smallest absolute Gasteiger partial charge is 0.142 e. The van der Waals surface area contributed by atoms with E-state index in [9.17, 15) is 4.79 Å². The van der Waals surface area contributed by atoms with E-state index in [4.69, 9.17) is 4.74 Å². The van der Waals surface area contributed by atoms with Gasteiger partial charge in [-0.25, -0.2) is 0 Å². The number of carbonyl (C=O) groups is 1. The number of benzene rings is 1. The molecular formula is C15H23NO2. The van der Waals surface area contributed by atoms with Gasteiger partial charge in [-0.15, -0.1) is 0 Å². The Morgan fingerprint density at radius 3 is 2.33 bits per heavy atom. The predicted octanol–water partition coefficient (Wildman–Crippen LogP) is 3.20. The van der Waals surface area contributed by atoms with Crippen LogP contribution in [0, 0.1) is 6.92 Å². The van der Waals surface area contributed by atoms with Gasteiger partial charge >= 0.3 is 0 Å². The molecule has 18 heavy (non-hydrogen) atoms. The van der Waals surface area contributed by atoms with E-state index in [1.54, 1.807) is 7.11 Å². The van der Waals surface area contributed by atoms with Crippen LogP contribution in [0.15, 0.2) is 18.2 Å². The molecule has 0 aliphatic carbocycles. The lowest BCUT2D eigenvalue weighted by molar-refractivity contribution is -0.119. The van der Waals surface area contributed by atoms with E-state index in [0.717, 1.165) is 24.5 Å². The minimum absolute atomic E-state index is 0.363. The molecule has 1 aromatic rings. The van der Waals surface area contributed by atoms with Gasteiger partial charge in [0.25, 0.3) is 0 Å². The van der Waals surface area contributed by atoms with Gasteiger partial charge in [0, 0.05) is 25.9 Å². The van der Waals surface area contributed by atoms with Crippen molar-refractivity contribution in [2.45, 2.75) is 33.6 Å². The second-order valence-electron chi connectivity index (χ2n) is 4.20. The molecule has 0 amide bonds. The van der Waals surface area contributed by atoms with Crippen LogP contribution >= 0.6 is 0 Å². The van der Waals surface area contributed by atoms with Gasteiger partial charge < -0.3 is 9.64 Å². The predicted molar refractivity (Wildman–Crippen MR) is 75.5 cm³/mol.